The Kier molecular flexibility index (Phi) is 51.5. The van der Waals surface area contributed by atoms with Crippen LogP contribution in [0.15, 0.2) is 60.7 Å². The zero-order chi connectivity index (χ0) is 98.1. The van der Waals surface area contributed by atoms with E-state index in [4.69, 9.17) is 61.8 Å². The summed E-state index contributed by atoms with van der Waals surface area (Å²) in [6.45, 7) is 12.7. The average molecular weight is 1880 g/mol. The Hall–Kier alpha value is -12.3. The molecule has 0 saturated carbocycles. The van der Waals surface area contributed by atoms with Gasteiger partial charge in [-0.05, 0) is 159 Å². The maximum atomic E-state index is 14.8. The molecule has 48 heteroatoms. The number of nitrogens with one attached hydrogen (secondary N) is 22. The smallest absolute Gasteiger partial charge is 0.244 e. The summed E-state index contributed by atoms with van der Waals surface area (Å²) in [7, 11) is 0. The number of thiol groups is 1. The highest BCUT2D eigenvalue weighted by molar-refractivity contribution is 7.98. The van der Waals surface area contributed by atoms with E-state index in [2.05, 4.69) is 108 Å². The molecule has 0 spiro atoms. The molecule has 3 rings (SSSR count). The van der Waals surface area contributed by atoms with Gasteiger partial charge in [-0.1, -0.05) is 88.4 Å². The molecule has 46 nitrogen and oxygen atoms in total. The Morgan fingerprint density at radius 1 is 0.389 bits per heavy atom. The van der Waals surface area contributed by atoms with E-state index in [-0.39, 0.29) is 146 Å². The minimum Gasteiger partial charge on any atom is -0.370 e. The molecular weight excluding hydrogens is 1740 g/mol. The van der Waals surface area contributed by atoms with Crippen molar-refractivity contribution in [3.63, 3.8) is 0 Å². The van der Waals surface area contributed by atoms with Gasteiger partial charge in [0.15, 0.2) is 23.8 Å². The number of guanidine groups is 4. The summed E-state index contributed by atoms with van der Waals surface area (Å²) in [5, 5.41) is 77.8. The first-order valence-electron chi connectivity index (χ1n) is 43.7. The number of nitrogens with two attached hydrogens (primary N) is 7. The van der Waals surface area contributed by atoms with E-state index in [0.717, 1.165) is 0 Å². The highest BCUT2D eigenvalue weighted by atomic mass is 32.2. The zero-order valence-corrected chi connectivity index (χ0v) is 77.7. The van der Waals surface area contributed by atoms with Crippen LogP contribution in [0.25, 0.3) is 0 Å². The average Bonchev–Trinajstić information content (AvgIpc) is 1.71. The molecule has 0 aliphatic carbocycles. The van der Waals surface area contributed by atoms with Gasteiger partial charge in [0.05, 0.1) is 6.04 Å². The first-order valence-corrected chi connectivity index (χ1v) is 45.8. The normalized spacial score (nSPS) is 15.6. The number of carbonyl (C=O) groups excluding carboxylic acids is 16. The van der Waals surface area contributed by atoms with E-state index in [1.807, 2.05) is 0 Å². The molecule has 1 aliphatic heterocycles. The van der Waals surface area contributed by atoms with Crippen LogP contribution in [-0.4, -0.2) is 277 Å². The van der Waals surface area contributed by atoms with Crippen molar-refractivity contribution >= 4 is 143 Å². The summed E-state index contributed by atoms with van der Waals surface area (Å²) >= 11 is 5.51. The lowest BCUT2D eigenvalue weighted by Gasteiger charge is -2.29. The third-order valence-corrected chi connectivity index (χ3v) is 22.0. The standard InChI is InChI=1S/C83H140N30O16S2/c1-44(2)62(64(86)114)111-76(126)60(43-130)110-68(118)48(7)101-70(120)54(29-19-36-96-81(89)90)104-72(122)57(33-40-131-9)107-78(128)63(45(3)4)112-73(123)56(31-21-38-98-83(93)94)106-75(125)59(42-51-25-14-11-15-26-51)108-66(116)47(6)99-65(115)46(5)100-69(119)53(28-16-17-34-84)103-71(121)55(30-20-37-97-82(91)92)105-74(124)58(41-50-23-12-10-13-24-50)109-67(117)49(8)102-77(127)61-32-22-39-113(61)79(129)52(85)27-18-35-95-80(87)88/h10-15,23-26,44-49,52-63,130H,16-22,27-43,84-85H2,1-9H3,(H2,86,114)(H,99,115)(H,100,119)(H,101,120)(H,102,127)(H,103,121)(H,104,122)(H,105,124)(H,106,125)(H,107,128)(H,108,116)(H,109,117)(H,110,118)(H,111,126)(H,112,123)(H4,87,88,95)(H4,89,90,96)(H4,91,92,97)(H4,93,94,98)/t46-,47-,48-,49-,52-,53-,54-,55-,56-,57-,58-,59-,60-,61-,62-,63-/m0/s1. The van der Waals surface area contributed by atoms with Crippen molar-refractivity contribution in [2.75, 3.05) is 57.0 Å². The van der Waals surface area contributed by atoms with Crippen molar-refractivity contribution in [2.24, 2.45) is 52.0 Å². The molecule has 0 aromatic heterocycles. The molecular formula is C83H140N30O16S2. The number of unbranched alkanes of at least 4 members (excludes halogenated alkanes) is 1. The molecule has 2 aromatic rings. The largest absolute Gasteiger partial charge is 0.370 e. The van der Waals surface area contributed by atoms with E-state index in [1.165, 1.54) is 44.4 Å². The van der Waals surface area contributed by atoms with Gasteiger partial charge in [-0.15, -0.1) is 0 Å². The van der Waals surface area contributed by atoms with Gasteiger partial charge < -0.3 is 141 Å². The molecule has 1 saturated heterocycles. The summed E-state index contributed by atoms with van der Waals surface area (Å²) in [6.07, 6.45) is 3.36. The first-order chi connectivity index (χ1) is 61.9. The third kappa shape index (κ3) is 42.4. The number of hydrogen-bond donors (Lipinski definition) is 30. The van der Waals surface area contributed by atoms with Crippen molar-refractivity contribution in [3.05, 3.63) is 71.8 Å². The lowest BCUT2D eigenvalue weighted by Crippen LogP contribution is -2.61. The number of primary amides is 1. The van der Waals surface area contributed by atoms with Crippen LogP contribution in [0.2, 0.25) is 0 Å². The predicted octanol–water partition coefficient (Wildman–Crippen LogP) is -6.68. The monoisotopic (exact) mass is 1880 g/mol. The van der Waals surface area contributed by atoms with Gasteiger partial charge in [-0.25, -0.2) is 0 Å². The van der Waals surface area contributed by atoms with Crippen molar-refractivity contribution in [2.45, 2.75) is 255 Å². The molecule has 1 aliphatic rings. The zero-order valence-electron chi connectivity index (χ0n) is 76.0. The molecule has 730 valence electrons. The minimum atomic E-state index is -1.49. The van der Waals surface area contributed by atoms with Crippen LogP contribution in [0, 0.1) is 33.5 Å². The number of thioether (sulfide) groups is 1. The van der Waals surface area contributed by atoms with E-state index in [1.54, 1.807) is 94.6 Å². The van der Waals surface area contributed by atoms with Gasteiger partial charge in [-0.2, -0.15) is 24.4 Å². The Bertz CT molecular complexity index is 4160. The molecule has 16 amide bonds. The van der Waals surface area contributed by atoms with Gasteiger partial charge in [0.1, 0.15) is 90.6 Å². The second-order valence-corrected chi connectivity index (χ2v) is 34.0. The third-order valence-electron chi connectivity index (χ3n) is 21.0. The van der Waals surface area contributed by atoms with Gasteiger partial charge >= 0.3 is 0 Å². The molecule has 131 heavy (non-hydrogen) atoms. The van der Waals surface area contributed by atoms with Crippen molar-refractivity contribution in [1.82, 2.24) is 101 Å². The summed E-state index contributed by atoms with van der Waals surface area (Å²) in [4.78, 5) is 227. The van der Waals surface area contributed by atoms with Gasteiger partial charge in [0.2, 0.25) is 94.5 Å². The Morgan fingerprint density at radius 3 is 1.08 bits per heavy atom. The topological polar surface area (TPSA) is 770 Å². The number of rotatable bonds is 60. The molecule has 2 aromatic carbocycles. The SMILES string of the molecule is CSCC[C@H](NC(=O)[C@@H](NC(=O)[C@H](CCCNC(=N)N)NC(=O)[C@H](Cc1ccccc1)NC(=O)[C@H](C)NC(=O)[C@H](C)NC(=O)[C@H](CCCCN)NC(=O)[C@H](CCCNC(=N)N)NC(=O)[C@H](Cc1ccccc1)NC(=O)[C@H](C)NC(=O)[C@@H]1CCCN1C(=O)[C@@H](N)CCCNC(=N)N)C(C)C)C(=O)N[C@@H](CCCNC(=N)N)C(=O)N[C@@H](C)C(=O)N[C@@H](CS)C(=O)N[C@H](C(N)=O)C(C)C. The quantitative estimate of drug-likeness (QED) is 0.0127. The number of benzene rings is 2. The molecule has 0 unspecified atom stereocenters. The number of amides is 16. The van der Waals surface area contributed by atoms with Crippen LogP contribution in [0.3, 0.4) is 0 Å². The number of hydrogen-bond acceptors (Lipinski definition) is 24. The summed E-state index contributed by atoms with van der Waals surface area (Å²) in [6, 6.07) is -4.19. The van der Waals surface area contributed by atoms with E-state index in [0.29, 0.717) is 36.9 Å². The Balaban J connectivity index is 1.90. The molecule has 1 heterocycles. The van der Waals surface area contributed by atoms with Gasteiger partial charge in [-0.3, -0.25) is 98.3 Å². The summed E-state index contributed by atoms with van der Waals surface area (Å²) in [5.41, 5.74) is 40.7. The Morgan fingerprint density at radius 2 is 0.702 bits per heavy atom. The Labute approximate surface area is 773 Å². The highest BCUT2D eigenvalue weighted by Gasteiger charge is 2.41. The van der Waals surface area contributed by atoms with E-state index >= 15 is 0 Å². The number of likely N-dealkylation sites (tertiary alicyclic amines) is 1. The van der Waals surface area contributed by atoms with E-state index < -0.39 is 209 Å². The van der Waals surface area contributed by atoms with Crippen molar-refractivity contribution in [3.8, 4) is 0 Å². The molecule has 16 atom stereocenters. The fourth-order valence-electron chi connectivity index (χ4n) is 13.5. The number of carbonyl (C=O) groups is 16. The lowest BCUT2D eigenvalue weighted by molar-refractivity contribution is -0.140. The molecule has 0 radical (unpaired) electrons. The maximum absolute atomic E-state index is 14.8. The molecule has 0 bridgehead atoms. The maximum Gasteiger partial charge on any atom is 0.244 e. The van der Waals surface area contributed by atoms with Crippen molar-refractivity contribution < 1.29 is 76.7 Å². The fourth-order valence-corrected chi connectivity index (χ4v) is 14.3. The van der Waals surface area contributed by atoms with Crippen LogP contribution in [0.4, 0.5) is 0 Å². The van der Waals surface area contributed by atoms with Gasteiger partial charge in [0, 0.05) is 51.3 Å². The summed E-state index contributed by atoms with van der Waals surface area (Å²) < 4.78 is 0. The van der Waals surface area contributed by atoms with Crippen LogP contribution in [0.1, 0.15) is 156 Å². The fraction of sp³-hybridized carbons (Fsp3) is 0.614. The predicted molar refractivity (Wildman–Crippen MR) is 498 cm³/mol. The van der Waals surface area contributed by atoms with E-state index in [9.17, 15) is 76.7 Å². The first kappa shape index (κ1) is 113. The van der Waals surface area contributed by atoms with Crippen molar-refractivity contribution in [1.29, 1.82) is 21.6 Å². The highest BCUT2D eigenvalue weighted by Crippen LogP contribution is 2.21. The van der Waals surface area contributed by atoms with Crippen LogP contribution in [0.5, 0.6) is 0 Å². The van der Waals surface area contributed by atoms with Crippen LogP contribution in [-0.2, 0) is 89.6 Å². The minimum absolute atomic E-state index is 0.0171. The number of nitrogens with zero attached hydrogens (tertiary/aromatic N) is 1. The van der Waals surface area contributed by atoms with Gasteiger partial charge in [0.25, 0.3) is 0 Å². The van der Waals surface area contributed by atoms with Crippen LogP contribution < -0.4 is 136 Å². The van der Waals surface area contributed by atoms with Crippen LogP contribution >= 0.6 is 24.4 Å². The molecule has 36 N–H and O–H groups in total. The second kappa shape index (κ2) is 59.8. The summed E-state index contributed by atoms with van der Waals surface area (Å²) in [5.74, 6) is -15.6. The lowest BCUT2D eigenvalue weighted by atomic mass is 10.0. The molecule has 1 fully saturated rings. The second-order valence-electron chi connectivity index (χ2n) is 32.6.